The van der Waals surface area contributed by atoms with Gasteiger partial charge in [0.15, 0.2) is 0 Å². The highest BCUT2D eigenvalue weighted by Gasteiger charge is 2.22. The number of hydrogen-bond acceptors (Lipinski definition) is 4. The van der Waals surface area contributed by atoms with Crippen LogP contribution in [0.15, 0.2) is 35.5 Å². The number of nitrogens with two attached hydrogens (primary N) is 1. The van der Waals surface area contributed by atoms with Crippen LogP contribution in [0.1, 0.15) is 37.9 Å². The van der Waals surface area contributed by atoms with Crippen LogP contribution in [0.5, 0.6) is 0 Å². The predicted molar refractivity (Wildman–Crippen MR) is 102 cm³/mol. The van der Waals surface area contributed by atoms with Crippen LogP contribution < -0.4 is 11.1 Å². The number of pyridine rings is 1. The minimum absolute atomic E-state index is 0.226. The minimum atomic E-state index is 0.226. The van der Waals surface area contributed by atoms with Crippen LogP contribution in [0.25, 0.3) is 5.57 Å². The van der Waals surface area contributed by atoms with Crippen molar-refractivity contribution in [2.75, 3.05) is 12.8 Å². The van der Waals surface area contributed by atoms with Gasteiger partial charge in [0.2, 0.25) is 0 Å². The molecule has 3 nitrogen and oxygen atoms in total. The molecule has 4 heteroatoms. The van der Waals surface area contributed by atoms with Gasteiger partial charge < -0.3 is 11.1 Å². The molecule has 0 aliphatic heterocycles. The van der Waals surface area contributed by atoms with Crippen molar-refractivity contribution >= 4 is 17.3 Å². The second-order valence-electron chi connectivity index (χ2n) is 6.68. The molecule has 1 aliphatic rings. The first-order valence-corrected chi connectivity index (χ1v) is 9.63. The second kappa shape index (κ2) is 8.55. The van der Waals surface area contributed by atoms with Gasteiger partial charge in [-0.2, -0.15) is 0 Å². The summed E-state index contributed by atoms with van der Waals surface area (Å²) in [6.45, 7) is 7.51. The highest BCUT2D eigenvalue weighted by molar-refractivity contribution is 8.01. The molecule has 23 heavy (non-hydrogen) atoms. The molecule has 0 saturated carbocycles. The van der Waals surface area contributed by atoms with E-state index in [1.165, 1.54) is 17.6 Å². The lowest BCUT2D eigenvalue weighted by atomic mass is 9.82. The van der Waals surface area contributed by atoms with Crippen LogP contribution in [-0.2, 0) is 0 Å². The first kappa shape index (κ1) is 18.1. The largest absolute Gasteiger partial charge is 0.400 e. The van der Waals surface area contributed by atoms with Crippen molar-refractivity contribution in [3.8, 4) is 0 Å². The van der Waals surface area contributed by atoms with Gasteiger partial charge in [0.25, 0.3) is 0 Å². The molecule has 0 saturated heterocycles. The Morgan fingerprint density at radius 3 is 2.96 bits per heavy atom. The van der Waals surface area contributed by atoms with Crippen LogP contribution in [0.2, 0.25) is 0 Å². The summed E-state index contributed by atoms with van der Waals surface area (Å²) < 4.78 is 0. The highest BCUT2D eigenvalue weighted by atomic mass is 32.2. The lowest BCUT2D eigenvalue weighted by Gasteiger charge is -2.28. The van der Waals surface area contributed by atoms with E-state index in [0.717, 1.165) is 24.4 Å². The Kier molecular flexibility index (Phi) is 6.72. The molecule has 0 bridgehead atoms. The van der Waals surface area contributed by atoms with Crippen molar-refractivity contribution in [3.63, 3.8) is 0 Å². The van der Waals surface area contributed by atoms with Crippen LogP contribution >= 0.6 is 11.8 Å². The molecule has 1 aromatic rings. The van der Waals surface area contributed by atoms with Crippen molar-refractivity contribution in [2.45, 2.75) is 39.7 Å². The summed E-state index contributed by atoms with van der Waals surface area (Å²) in [5.74, 6) is 1.24. The number of hydrogen-bond donors (Lipinski definition) is 2. The molecule has 1 aromatic heterocycles. The number of rotatable bonds is 6. The maximum atomic E-state index is 6.06. The van der Waals surface area contributed by atoms with E-state index < -0.39 is 0 Å². The third-order valence-electron chi connectivity index (χ3n) is 4.41. The summed E-state index contributed by atoms with van der Waals surface area (Å²) in [4.78, 5) is 4.60. The van der Waals surface area contributed by atoms with Crippen LogP contribution in [0, 0.1) is 18.8 Å². The number of nitrogens with zero attached hydrogens (tertiary/aromatic N) is 1. The molecule has 1 aliphatic carbocycles. The Labute approximate surface area is 144 Å². The molecule has 3 unspecified atom stereocenters. The molecule has 0 radical (unpaired) electrons. The van der Waals surface area contributed by atoms with Crippen molar-refractivity contribution in [3.05, 3.63) is 46.8 Å². The van der Waals surface area contributed by atoms with Crippen molar-refractivity contribution in [1.29, 1.82) is 0 Å². The van der Waals surface area contributed by atoms with Gasteiger partial charge in [-0.05, 0) is 73.9 Å². The van der Waals surface area contributed by atoms with E-state index in [9.17, 15) is 0 Å². The fraction of sp³-hybridized carbons (Fsp3) is 0.526. The first-order valence-electron chi connectivity index (χ1n) is 8.35. The number of aromatic nitrogens is 1. The number of allylic oxidation sites excluding steroid dienone is 2. The lowest BCUT2D eigenvalue weighted by molar-refractivity contribution is 0.387. The van der Waals surface area contributed by atoms with Gasteiger partial charge in [0.1, 0.15) is 0 Å². The molecular formula is C19H29N3S. The highest BCUT2D eigenvalue weighted by Crippen LogP contribution is 2.32. The molecule has 0 spiro atoms. The third kappa shape index (κ3) is 5.40. The van der Waals surface area contributed by atoms with Gasteiger partial charge in [0.05, 0.1) is 5.69 Å². The van der Waals surface area contributed by atoms with E-state index in [1.807, 2.05) is 17.9 Å². The topological polar surface area (TPSA) is 50.9 Å². The molecule has 1 heterocycles. The van der Waals surface area contributed by atoms with Crippen molar-refractivity contribution in [1.82, 2.24) is 10.3 Å². The normalized spacial score (nSPS) is 23.5. The summed E-state index contributed by atoms with van der Waals surface area (Å²) >= 11 is 1.65. The summed E-state index contributed by atoms with van der Waals surface area (Å²) in [5, 5.41) is 5.60. The smallest absolute Gasteiger partial charge is 0.0658 e. The number of thioether (sulfide) groups is 1. The van der Waals surface area contributed by atoms with Gasteiger partial charge in [-0.3, -0.25) is 4.98 Å². The monoisotopic (exact) mass is 331 g/mol. The third-order valence-corrected chi connectivity index (χ3v) is 4.91. The Hall–Kier alpha value is -1.26. The summed E-state index contributed by atoms with van der Waals surface area (Å²) in [6.07, 6.45) is 8.69. The molecule has 3 N–H and O–H groups in total. The maximum absolute atomic E-state index is 6.06. The zero-order chi connectivity index (χ0) is 16.8. The molecule has 126 valence electrons. The average Bonchev–Trinajstić information content (AvgIpc) is 2.53. The van der Waals surface area contributed by atoms with Gasteiger partial charge >= 0.3 is 0 Å². The average molecular weight is 332 g/mol. The van der Waals surface area contributed by atoms with Gasteiger partial charge in [0, 0.05) is 17.9 Å². The SMILES string of the molecule is CS/C=C(\N)C(C)NCC1CC(c2ccc(C)cn2)=CC(C)C1. The second-order valence-corrected chi connectivity index (χ2v) is 7.39. The van der Waals surface area contributed by atoms with Crippen LogP contribution in [0.4, 0.5) is 0 Å². The summed E-state index contributed by atoms with van der Waals surface area (Å²) in [6, 6.07) is 4.52. The standard InChI is InChI=1S/C19H29N3S/c1-13-5-6-19(22-10-13)17-8-14(2)7-16(9-17)11-21-15(3)18(20)12-23-4/h5-6,8,10,12,14-16,21H,7,9,11,20H2,1-4H3/b18-12-. The number of aryl methyl sites for hydroxylation is 1. The molecule has 3 atom stereocenters. The Morgan fingerprint density at radius 1 is 1.52 bits per heavy atom. The summed E-state index contributed by atoms with van der Waals surface area (Å²) in [5.41, 5.74) is 10.7. The first-order chi connectivity index (χ1) is 11.0. The number of nitrogens with one attached hydrogen (secondary N) is 1. The van der Waals surface area contributed by atoms with E-state index in [4.69, 9.17) is 5.73 Å². The Morgan fingerprint density at radius 2 is 2.30 bits per heavy atom. The fourth-order valence-electron chi connectivity index (χ4n) is 3.10. The minimum Gasteiger partial charge on any atom is -0.400 e. The predicted octanol–water partition coefficient (Wildman–Crippen LogP) is 3.96. The van der Waals surface area contributed by atoms with Crippen molar-refractivity contribution in [2.24, 2.45) is 17.6 Å². The fourth-order valence-corrected chi connectivity index (χ4v) is 3.58. The molecule has 2 rings (SSSR count). The Balaban J connectivity index is 1.97. The summed E-state index contributed by atoms with van der Waals surface area (Å²) in [7, 11) is 0. The van der Waals surface area contributed by atoms with Gasteiger partial charge in [-0.25, -0.2) is 0 Å². The Bertz CT molecular complexity index is 562. The molecule has 0 aromatic carbocycles. The van der Waals surface area contributed by atoms with Gasteiger partial charge in [-0.1, -0.05) is 19.1 Å². The molecular weight excluding hydrogens is 302 g/mol. The molecule has 0 amide bonds. The van der Waals surface area contributed by atoms with Crippen molar-refractivity contribution < 1.29 is 0 Å². The zero-order valence-corrected chi connectivity index (χ0v) is 15.5. The molecule has 0 fully saturated rings. The van der Waals surface area contributed by atoms with E-state index >= 15 is 0 Å². The quantitative estimate of drug-likeness (QED) is 0.828. The van der Waals surface area contributed by atoms with E-state index in [2.05, 4.69) is 49.3 Å². The van der Waals surface area contributed by atoms with E-state index in [0.29, 0.717) is 11.8 Å². The van der Waals surface area contributed by atoms with Crippen LogP contribution in [-0.4, -0.2) is 23.8 Å². The van der Waals surface area contributed by atoms with E-state index in [1.54, 1.807) is 11.8 Å². The maximum Gasteiger partial charge on any atom is 0.0658 e. The van der Waals surface area contributed by atoms with Gasteiger partial charge in [-0.15, -0.1) is 11.8 Å². The zero-order valence-electron chi connectivity index (χ0n) is 14.7. The van der Waals surface area contributed by atoms with E-state index in [-0.39, 0.29) is 6.04 Å². The lowest BCUT2D eigenvalue weighted by Crippen LogP contribution is -2.36. The van der Waals surface area contributed by atoms with Crippen LogP contribution in [0.3, 0.4) is 0 Å².